The summed E-state index contributed by atoms with van der Waals surface area (Å²) in [5.41, 5.74) is 7.27. The van der Waals surface area contributed by atoms with Gasteiger partial charge in [-0.2, -0.15) is 0 Å². The molecule has 0 unspecified atom stereocenters. The van der Waals surface area contributed by atoms with Gasteiger partial charge in [0.05, 0.1) is 11.4 Å². The van der Waals surface area contributed by atoms with E-state index in [0.29, 0.717) is 5.02 Å². The zero-order valence-corrected chi connectivity index (χ0v) is 9.53. The van der Waals surface area contributed by atoms with E-state index in [0.717, 1.165) is 11.3 Å². The number of hydrogen-bond acceptors (Lipinski definition) is 2. The number of aromatic nitrogens is 1. The number of nitrogens with two attached hydrogens (primary N) is 1. The molecule has 16 heavy (non-hydrogen) atoms. The van der Waals surface area contributed by atoms with Gasteiger partial charge in [-0.3, -0.25) is 4.79 Å². The fourth-order valence-corrected chi connectivity index (χ4v) is 1.78. The quantitative estimate of drug-likeness (QED) is 0.823. The molecule has 0 atom stereocenters. The lowest BCUT2D eigenvalue weighted by atomic mass is 10.1. The van der Waals surface area contributed by atoms with Gasteiger partial charge in [0.1, 0.15) is 0 Å². The van der Waals surface area contributed by atoms with E-state index in [2.05, 4.69) is 0 Å². The van der Waals surface area contributed by atoms with Crippen LogP contribution in [-0.2, 0) is 7.05 Å². The van der Waals surface area contributed by atoms with Crippen molar-refractivity contribution in [3.8, 4) is 11.3 Å². The average Bonchev–Trinajstić information content (AvgIpc) is 2.26. The molecule has 0 saturated heterocycles. The van der Waals surface area contributed by atoms with Crippen LogP contribution in [0.1, 0.15) is 0 Å². The van der Waals surface area contributed by atoms with Crippen LogP contribution in [-0.4, -0.2) is 4.57 Å². The lowest BCUT2D eigenvalue weighted by molar-refractivity contribution is 0.874. The monoisotopic (exact) mass is 234 g/mol. The van der Waals surface area contributed by atoms with Gasteiger partial charge in [0.2, 0.25) is 0 Å². The molecule has 0 bridgehead atoms. The third kappa shape index (κ3) is 1.82. The molecule has 1 aromatic carbocycles. The number of nitrogens with zero attached hydrogens (tertiary/aromatic N) is 1. The van der Waals surface area contributed by atoms with E-state index < -0.39 is 0 Å². The van der Waals surface area contributed by atoms with Crippen LogP contribution in [0.4, 0.5) is 5.69 Å². The van der Waals surface area contributed by atoms with E-state index in [-0.39, 0.29) is 11.2 Å². The number of halogens is 1. The third-order valence-corrected chi connectivity index (χ3v) is 2.69. The molecule has 0 amide bonds. The zero-order chi connectivity index (χ0) is 11.7. The van der Waals surface area contributed by atoms with E-state index >= 15 is 0 Å². The van der Waals surface area contributed by atoms with Gasteiger partial charge in [0, 0.05) is 12.1 Å². The summed E-state index contributed by atoms with van der Waals surface area (Å²) >= 11 is 5.91. The lowest BCUT2D eigenvalue weighted by Gasteiger charge is -2.09. The predicted molar refractivity (Wildman–Crippen MR) is 66.5 cm³/mol. The highest BCUT2D eigenvalue weighted by molar-refractivity contribution is 6.30. The average molecular weight is 235 g/mol. The number of hydrogen-bond donors (Lipinski definition) is 1. The molecule has 0 aliphatic carbocycles. The van der Waals surface area contributed by atoms with Gasteiger partial charge in [-0.05, 0) is 29.8 Å². The Morgan fingerprint density at radius 2 is 2.00 bits per heavy atom. The topological polar surface area (TPSA) is 48.0 Å². The van der Waals surface area contributed by atoms with Gasteiger partial charge in [-0.25, -0.2) is 0 Å². The van der Waals surface area contributed by atoms with Crippen LogP contribution in [0.5, 0.6) is 0 Å². The number of nitrogen functional groups attached to an aromatic ring is 1. The summed E-state index contributed by atoms with van der Waals surface area (Å²) in [6.45, 7) is 0. The summed E-state index contributed by atoms with van der Waals surface area (Å²) < 4.78 is 1.51. The highest BCUT2D eigenvalue weighted by Gasteiger charge is 2.05. The first-order chi connectivity index (χ1) is 7.59. The van der Waals surface area contributed by atoms with Crippen LogP contribution in [0.3, 0.4) is 0 Å². The van der Waals surface area contributed by atoms with Crippen molar-refractivity contribution in [2.45, 2.75) is 0 Å². The minimum absolute atomic E-state index is 0.197. The van der Waals surface area contributed by atoms with Gasteiger partial charge < -0.3 is 10.3 Å². The van der Waals surface area contributed by atoms with Crippen molar-refractivity contribution in [3.63, 3.8) is 0 Å². The maximum atomic E-state index is 11.7. The van der Waals surface area contributed by atoms with Crippen molar-refractivity contribution in [2.24, 2.45) is 7.05 Å². The molecular weight excluding hydrogens is 224 g/mol. The first-order valence-electron chi connectivity index (χ1n) is 4.81. The smallest absolute Gasteiger partial charge is 0.273 e. The maximum absolute atomic E-state index is 11.7. The highest BCUT2D eigenvalue weighted by atomic mass is 35.5. The van der Waals surface area contributed by atoms with E-state index in [1.807, 2.05) is 24.3 Å². The second kappa shape index (κ2) is 4.02. The van der Waals surface area contributed by atoms with Gasteiger partial charge in [0.15, 0.2) is 0 Å². The Hall–Kier alpha value is -1.74. The van der Waals surface area contributed by atoms with Crippen molar-refractivity contribution in [3.05, 3.63) is 51.8 Å². The molecule has 1 heterocycles. The molecule has 0 fully saturated rings. The van der Waals surface area contributed by atoms with Gasteiger partial charge >= 0.3 is 0 Å². The summed E-state index contributed by atoms with van der Waals surface area (Å²) in [6, 6.07) is 10.8. The van der Waals surface area contributed by atoms with Gasteiger partial charge in [-0.15, -0.1) is 0 Å². The van der Waals surface area contributed by atoms with Gasteiger partial charge in [0.25, 0.3) is 5.56 Å². The zero-order valence-electron chi connectivity index (χ0n) is 8.77. The Morgan fingerprint density at radius 1 is 1.25 bits per heavy atom. The molecule has 0 aliphatic heterocycles. The van der Waals surface area contributed by atoms with Gasteiger partial charge in [-0.1, -0.05) is 23.7 Å². The molecule has 2 rings (SSSR count). The Labute approximate surface area is 98.1 Å². The Kier molecular flexibility index (Phi) is 2.71. The normalized spacial score (nSPS) is 10.4. The Morgan fingerprint density at radius 3 is 2.69 bits per heavy atom. The van der Waals surface area contributed by atoms with Crippen molar-refractivity contribution in [1.82, 2.24) is 4.57 Å². The Balaban J connectivity index is 2.66. The van der Waals surface area contributed by atoms with Crippen LogP contribution >= 0.6 is 11.6 Å². The summed E-state index contributed by atoms with van der Waals surface area (Å²) in [7, 11) is 1.69. The lowest BCUT2D eigenvalue weighted by Crippen LogP contribution is -2.21. The van der Waals surface area contributed by atoms with E-state index in [9.17, 15) is 4.79 Å². The van der Waals surface area contributed by atoms with Crippen LogP contribution in [0, 0.1) is 0 Å². The van der Waals surface area contributed by atoms with Crippen molar-refractivity contribution in [2.75, 3.05) is 5.73 Å². The fraction of sp³-hybridized carbons (Fsp3) is 0.0833. The molecule has 0 spiro atoms. The summed E-state index contributed by atoms with van der Waals surface area (Å²) in [5, 5.41) is 0.641. The van der Waals surface area contributed by atoms with Crippen molar-refractivity contribution in [1.29, 1.82) is 0 Å². The molecule has 82 valence electrons. The third-order valence-electron chi connectivity index (χ3n) is 2.45. The van der Waals surface area contributed by atoms with Crippen LogP contribution < -0.4 is 11.3 Å². The van der Waals surface area contributed by atoms with E-state index in [1.54, 1.807) is 19.2 Å². The summed E-state index contributed by atoms with van der Waals surface area (Å²) in [5.74, 6) is 0. The predicted octanol–water partition coefficient (Wildman–Crippen LogP) is 2.29. The fourth-order valence-electron chi connectivity index (χ4n) is 1.59. The van der Waals surface area contributed by atoms with Crippen LogP contribution in [0.15, 0.2) is 41.2 Å². The minimum Gasteiger partial charge on any atom is -0.394 e. The minimum atomic E-state index is -0.197. The second-order valence-corrected chi connectivity index (χ2v) is 3.98. The number of rotatable bonds is 1. The molecule has 3 nitrogen and oxygen atoms in total. The number of benzene rings is 1. The summed E-state index contributed by atoms with van der Waals surface area (Å²) in [4.78, 5) is 11.7. The van der Waals surface area contributed by atoms with Crippen molar-refractivity contribution >= 4 is 17.3 Å². The molecule has 0 radical (unpaired) electrons. The molecule has 0 saturated carbocycles. The molecule has 2 N–H and O–H groups in total. The first kappa shape index (κ1) is 10.8. The van der Waals surface area contributed by atoms with E-state index in [1.165, 1.54) is 4.57 Å². The molecular formula is C12H11ClN2O. The summed E-state index contributed by atoms with van der Waals surface area (Å²) in [6.07, 6.45) is 0. The largest absolute Gasteiger partial charge is 0.394 e. The van der Waals surface area contributed by atoms with E-state index in [4.69, 9.17) is 17.3 Å². The van der Waals surface area contributed by atoms with Crippen LogP contribution in [0.2, 0.25) is 5.02 Å². The first-order valence-corrected chi connectivity index (χ1v) is 5.19. The number of anilines is 1. The SMILES string of the molecule is Cn1c(-c2cccc(Cl)c2)ccc(N)c1=O. The van der Waals surface area contributed by atoms with Crippen molar-refractivity contribution < 1.29 is 0 Å². The molecule has 2 aromatic rings. The maximum Gasteiger partial charge on any atom is 0.273 e. The highest BCUT2D eigenvalue weighted by Crippen LogP contribution is 2.21. The Bertz CT molecular complexity index is 590. The molecule has 1 aromatic heterocycles. The molecule has 0 aliphatic rings. The van der Waals surface area contributed by atoms with Crippen LogP contribution in [0.25, 0.3) is 11.3 Å². The number of pyridine rings is 1. The second-order valence-electron chi connectivity index (χ2n) is 3.55. The molecule has 4 heteroatoms. The standard InChI is InChI=1S/C12H11ClN2O/c1-15-11(6-5-10(14)12(15)16)8-3-2-4-9(13)7-8/h2-7H,14H2,1H3.